The number of hydrogen-bond acceptors (Lipinski definition) is 20. The third-order valence-electron chi connectivity index (χ3n) is 21.3. The summed E-state index contributed by atoms with van der Waals surface area (Å²) in [7, 11) is 3.26. The molecule has 31 heteroatoms. The Balaban J connectivity index is 0.895. The molecule has 9 heterocycles. The number of aromatic amines is 1. The van der Waals surface area contributed by atoms with Crippen molar-refractivity contribution in [2.75, 3.05) is 27.2 Å². The van der Waals surface area contributed by atoms with Crippen molar-refractivity contribution in [2.45, 2.75) is 186 Å². The summed E-state index contributed by atoms with van der Waals surface area (Å²) in [4.78, 5) is 136. The molecule has 0 saturated carbocycles. The second kappa shape index (κ2) is 34.6. The highest BCUT2D eigenvalue weighted by Crippen LogP contribution is 2.36. The SMILES string of the molecule is CN[C@@H](C)C(=O)N[C@H](C(=O)N1CC[C@@H]2[C@H]1C(=O)N[C@@H](Cc1ccc3ccccc3c1)C(=O)C[C@H](c1nnn[nH]1)Cc1ccc(cc1)OCc1cn(nn1)[C@@H]1CCN(C(=O)[C@@H](NC(=O)[C@H](C)NC)C(C)(C)C)[C@@H]1C(=O)N[C@@H](Cc1ccc3ccccc3c1)C(=O)N[C@H](C(=O)O)Cc1ccc(cc1)OCc1cn2nn1)C(C)(C)C. The van der Waals surface area contributed by atoms with Crippen LogP contribution in [0, 0.1) is 10.8 Å². The Morgan fingerprint density at radius 2 is 0.991 bits per heavy atom. The summed E-state index contributed by atoms with van der Waals surface area (Å²) < 4.78 is 15.6. The fourth-order valence-corrected chi connectivity index (χ4v) is 14.7. The van der Waals surface area contributed by atoms with E-state index in [4.69, 9.17) is 9.47 Å². The highest BCUT2D eigenvalue weighted by molar-refractivity contribution is 5.98. The molecule has 9 aromatic rings. The van der Waals surface area contributed by atoms with Gasteiger partial charge in [0.2, 0.25) is 41.4 Å². The molecule has 0 aliphatic carbocycles. The van der Waals surface area contributed by atoms with Crippen LogP contribution in [-0.2, 0) is 82.0 Å². The van der Waals surface area contributed by atoms with Crippen molar-refractivity contribution < 1.29 is 57.7 Å². The van der Waals surface area contributed by atoms with E-state index in [0.717, 1.165) is 32.7 Å². The number of nitrogens with zero attached hydrogens (tertiary/aromatic N) is 11. The second-order valence-corrected chi connectivity index (χ2v) is 31.4. The summed E-state index contributed by atoms with van der Waals surface area (Å²) in [5.74, 6) is -5.48. The van der Waals surface area contributed by atoms with Crippen molar-refractivity contribution >= 4 is 74.6 Å². The molecule has 6 aromatic carbocycles. The highest BCUT2D eigenvalue weighted by atomic mass is 16.5. The number of carbonyl (C=O) groups excluding carboxylic acids is 8. The third-order valence-corrected chi connectivity index (χ3v) is 21.3. The number of likely N-dealkylation sites (N-methyl/N-ethyl adjacent to an activating group) is 2. The number of Topliss-reactive ketones (excluding diaryl/α,β-unsaturated/α-hetero) is 1. The summed E-state index contributed by atoms with van der Waals surface area (Å²) in [5, 5.41) is 67.9. The molecular formula is C81H97N19O12. The normalized spacial score (nSPS) is 21.6. The zero-order chi connectivity index (χ0) is 79.7. The number of rotatable bonds is 14. The molecule has 15 rings (SSSR count). The van der Waals surface area contributed by atoms with E-state index >= 15 is 28.8 Å². The summed E-state index contributed by atoms with van der Waals surface area (Å²) in [5.41, 5.74) is 1.60. The van der Waals surface area contributed by atoms with Gasteiger partial charge in [0.05, 0.1) is 42.6 Å². The molecule has 112 heavy (non-hydrogen) atoms. The number of carbonyl (C=O) groups is 9. The molecule has 2 fully saturated rings. The first-order chi connectivity index (χ1) is 53.6. The average Bonchev–Trinajstić information content (AvgIpc) is 1.71. The van der Waals surface area contributed by atoms with Gasteiger partial charge in [0.25, 0.3) is 0 Å². The molecule has 0 radical (unpaired) electrons. The van der Waals surface area contributed by atoms with Gasteiger partial charge in [0, 0.05) is 38.3 Å². The van der Waals surface area contributed by atoms with Crippen molar-refractivity contribution in [2.24, 2.45) is 10.8 Å². The van der Waals surface area contributed by atoms with E-state index in [1.807, 2.05) is 118 Å². The van der Waals surface area contributed by atoms with Gasteiger partial charge in [-0.05, 0) is 143 Å². The molecule has 8 bridgehead atoms. The fraction of sp³-hybridized carbons (Fsp3) is 0.432. The number of tetrazole rings is 1. The van der Waals surface area contributed by atoms with Crippen molar-refractivity contribution in [3.8, 4) is 11.5 Å². The van der Waals surface area contributed by atoms with Gasteiger partial charge in [0.15, 0.2) is 11.6 Å². The van der Waals surface area contributed by atoms with E-state index in [1.54, 1.807) is 97.5 Å². The largest absolute Gasteiger partial charge is 0.487 e. The molecule has 3 aromatic heterocycles. The zero-order valence-corrected chi connectivity index (χ0v) is 64.4. The Kier molecular flexibility index (Phi) is 24.6. The number of hydrogen-bond donors (Lipinski definition) is 9. The molecule has 7 amide bonds. The number of carboxylic acid groups (broad SMARTS) is 1. The number of ether oxygens (including phenoxy) is 2. The van der Waals surface area contributed by atoms with Crippen LogP contribution in [0.4, 0.5) is 0 Å². The standard InChI is InChI=1S/C81H97N19O12/c1-46(82-9)72(102)87-69(80(3,4)5)77(107)97-33-31-64-67(97)75(105)84-61(39-50-19-25-52-15-11-13-17-54(52)36-50)66(101)41-56(71-91-93-94-92-71)35-48-21-27-59(28-22-48)111-44-58-43-100(96-90-58)65-32-34-98(78(108)70(81(6,7)8)88-73(103)47(2)83-10)68(65)76(106)85-62(40-51-20-26-53-16-12-14-18-55(53)37-51)74(104)86-63(79(109)110)38-49-23-29-60(30-24-49)112-45-57-42-99(64)95-89-57/h11-30,36-37,42-43,46-47,56,61-65,67-70,82-83H,31-35,38-41,44-45H2,1-10H3,(H,84,105)(H,85,106)(H,86,104)(H,87,102)(H,88,103)(H,109,110)(H,91,92,93,94)/t46-,47-,56+,61-,62-,63-,64+,65+,67-,68-,69+,70+/m0/s1. The van der Waals surface area contributed by atoms with Gasteiger partial charge in [-0.15, -0.1) is 15.3 Å². The quantitative estimate of drug-likeness (QED) is 0.0693. The number of carboxylic acids is 1. The summed E-state index contributed by atoms with van der Waals surface area (Å²) >= 11 is 0. The Labute approximate surface area is 647 Å². The Morgan fingerprint density at radius 3 is 1.43 bits per heavy atom. The molecule has 2 saturated heterocycles. The summed E-state index contributed by atoms with van der Waals surface area (Å²) in [6.45, 7) is 14.0. The smallest absolute Gasteiger partial charge is 0.326 e. The van der Waals surface area contributed by atoms with Crippen LogP contribution in [0.2, 0.25) is 0 Å². The predicted molar refractivity (Wildman–Crippen MR) is 412 cm³/mol. The van der Waals surface area contributed by atoms with Gasteiger partial charge in [-0.2, -0.15) is 0 Å². The topological polar surface area (TPSA) is 399 Å². The number of amides is 7. The van der Waals surface area contributed by atoms with E-state index in [9.17, 15) is 19.5 Å². The monoisotopic (exact) mass is 1530 g/mol. The van der Waals surface area contributed by atoms with Crippen molar-refractivity contribution in [3.63, 3.8) is 0 Å². The van der Waals surface area contributed by atoms with Gasteiger partial charge in [0.1, 0.15) is 72.4 Å². The number of ketones is 1. The van der Waals surface area contributed by atoms with Crippen LogP contribution in [0.5, 0.6) is 11.5 Å². The summed E-state index contributed by atoms with van der Waals surface area (Å²) in [6, 6.07) is 28.5. The lowest BCUT2D eigenvalue weighted by molar-refractivity contribution is -0.145. The van der Waals surface area contributed by atoms with E-state index in [0.29, 0.717) is 39.8 Å². The lowest BCUT2D eigenvalue weighted by atomic mass is 9.85. The molecular weight excluding hydrogens is 1430 g/mol. The maximum absolute atomic E-state index is 15.8. The van der Waals surface area contributed by atoms with Crippen molar-refractivity contribution in [3.05, 3.63) is 185 Å². The van der Waals surface area contributed by atoms with Crippen molar-refractivity contribution in [1.29, 1.82) is 0 Å². The van der Waals surface area contributed by atoms with Gasteiger partial charge >= 0.3 is 5.97 Å². The fourth-order valence-electron chi connectivity index (χ4n) is 14.7. The van der Waals surface area contributed by atoms with Gasteiger partial charge in [-0.1, -0.05) is 161 Å². The van der Waals surface area contributed by atoms with Gasteiger partial charge < -0.3 is 61.6 Å². The molecule has 31 nitrogen and oxygen atoms in total. The first-order valence-electron chi connectivity index (χ1n) is 37.8. The number of aliphatic carboxylic acids is 1. The van der Waals surface area contributed by atoms with Crippen LogP contribution < -0.4 is 46.7 Å². The number of H-pyrrole nitrogens is 1. The molecule has 12 atom stereocenters. The zero-order valence-electron chi connectivity index (χ0n) is 64.4. The molecule has 9 N–H and O–H groups in total. The first kappa shape index (κ1) is 79.7. The third kappa shape index (κ3) is 18.9. The Morgan fingerprint density at radius 1 is 0.545 bits per heavy atom. The van der Waals surface area contributed by atoms with Crippen molar-refractivity contribution in [1.82, 2.24) is 97.6 Å². The molecule has 0 spiro atoms. The van der Waals surface area contributed by atoms with Crippen LogP contribution in [0.15, 0.2) is 146 Å². The summed E-state index contributed by atoms with van der Waals surface area (Å²) in [6.07, 6.45) is 3.42. The minimum atomic E-state index is -1.52. The minimum absolute atomic E-state index is 0.0185. The van der Waals surface area contributed by atoms with E-state index in [2.05, 4.69) is 78.5 Å². The first-order valence-corrected chi connectivity index (χ1v) is 37.8. The number of benzene rings is 6. The molecule has 588 valence electrons. The number of likely N-dealkylation sites (tertiary alicyclic amines) is 2. The predicted octanol–water partition coefficient (Wildman–Crippen LogP) is 4.97. The maximum atomic E-state index is 15.8. The Bertz CT molecular complexity index is 4880. The maximum Gasteiger partial charge on any atom is 0.326 e. The van der Waals surface area contributed by atoms with Crippen LogP contribution >= 0.6 is 0 Å². The van der Waals surface area contributed by atoms with Gasteiger partial charge in [-0.25, -0.2) is 19.3 Å². The number of nitrogens with one attached hydrogen (secondary N) is 8. The average molecular weight is 1530 g/mol. The minimum Gasteiger partial charge on any atom is -0.487 e. The molecule has 6 aliphatic rings. The van der Waals surface area contributed by atoms with Crippen LogP contribution in [0.3, 0.4) is 0 Å². The second-order valence-electron chi connectivity index (χ2n) is 31.4. The highest BCUT2D eigenvalue weighted by Gasteiger charge is 2.51. The molecule has 0 unspecified atom stereocenters. The van der Waals surface area contributed by atoms with Crippen LogP contribution in [-0.4, -0.2) is 200 Å². The van der Waals surface area contributed by atoms with Crippen LogP contribution in [0.25, 0.3) is 21.5 Å². The lowest BCUT2D eigenvalue weighted by Crippen LogP contribution is -2.61. The number of aromatic nitrogens is 10. The van der Waals surface area contributed by atoms with E-state index in [-0.39, 0.29) is 77.0 Å². The van der Waals surface area contributed by atoms with E-state index < -0.39 is 131 Å². The lowest BCUT2D eigenvalue weighted by Gasteiger charge is -2.37. The van der Waals surface area contributed by atoms with E-state index in [1.165, 1.54) is 19.2 Å². The van der Waals surface area contributed by atoms with Crippen LogP contribution in [0.1, 0.15) is 132 Å². The van der Waals surface area contributed by atoms with Gasteiger partial charge in [-0.3, -0.25) is 38.4 Å². The molecule has 6 aliphatic heterocycles. The number of fused-ring (bicyclic) bond motifs is 2. The Hall–Kier alpha value is -11.9.